The minimum Gasteiger partial charge on any atom is -0.354 e. The molecule has 0 N–H and O–H groups in total. The average molecular weight is 406 g/mol. The van der Waals surface area contributed by atoms with Crippen molar-refractivity contribution in [3.63, 3.8) is 0 Å². The average Bonchev–Trinajstić information content (AvgIpc) is 3.27. The number of aryl methyl sites for hydroxylation is 1. The number of hydrogen-bond acceptors (Lipinski definition) is 4. The number of nitrogens with zero attached hydrogens (tertiary/aromatic N) is 3. The number of ether oxygens (including phenoxy) is 2. The molecule has 0 unspecified atom stereocenters. The standard InChI is InChI=1S/C21H24FN3O2.ClH/c1-14-15(2)25(13-19-26-10-11-27-19)20-18(14)8-9-23-21(20)24(3)12-16-4-6-17(22)7-5-16;/h4-9,19H,10-13H2,1-3H3;1H. The molecule has 7 heteroatoms. The van der Waals surface area contributed by atoms with Crippen LogP contribution in [0, 0.1) is 19.7 Å². The van der Waals surface area contributed by atoms with E-state index in [0.29, 0.717) is 26.3 Å². The first-order valence-electron chi connectivity index (χ1n) is 9.18. The van der Waals surface area contributed by atoms with Crippen molar-refractivity contribution in [2.24, 2.45) is 0 Å². The zero-order valence-electron chi connectivity index (χ0n) is 16.3. The number of anilines is 1. The van der Waals surface area contributed by atoms with Gasteiger partial charge in [-0.25, -0.2) is 9.37 Å². The van der Waals surface area contributed by atoms with E-state index in [2.05, 4.69) is 34.4 Å². The molecule has 0 spiro atoms. The van der Waals surface area contributed by atoms with Gasteiger partial charge >= 0.3 is 0 Å². The van der Waals surface area contributed by atoms with Gasteiger partial charge < -0.3 is 18.9 Å². The summed E-state index contributed by atoms with van der Waals surface area (Å²) in [5.74, 6) is 0.671. The number of fused-ring (bicyclic) bond motifs is 1. The van der Waals surface area contributed by atoms with Crippen LogP contribution in [0.2, 0.25) is 0 Å². The molecule has 0 bridgehead atoms. The Labute approximate surface area is 170 Å². The Kier molecular flexibility index (Phi) is 6.23. The van der Waals surface area contributed by atoms with Gasteiger partial charge in [0.05, 0.1) is 25.3 Å². The molecule has 4 rings (SSSR count). The third-order valence-corrected chi connectivity index (χ3v) is 5.24. The Morgan fingerprint density at radius 1 is 1.14 bits per heavy atom. The Morgan fingerprint density at radius 3 is 2.50 bits per heavy atom. The first-order chi connectivity index (χ1) is 13.0. The molecule has 2 aromatic heterocycles. The van der Waals surface area contributed by atoms with Crippen molar-refractivity contribution < 1.29 is 13.9 Å². The molecule has 0 aliphatic carbocycles. The van der Waals surface area contributed by atoms with Gasteiger partial charge in [-0.1, -0.05) is 12.1 Å². The lowest BCUT2D eigenvalue weighted by Gasteiger charge is -2.21. The number of halogens is 2. The van der Waals surface area contributed by atoms with Crippen molar-refractivity contribution >= 4 is 29.1 Å². The van der Waals surface area contributed by atoms with E-state index in [9.17, 15) is 4.39 Å². The quantitative estimate of drug-likeness (QED) is 0.637. The highest BCUT2D eigenvalue weighted by Gasteiger charge is 2.22. The van der Waals surface area contributed by atoms with Gasteiger partial charge in [0, 0.05) is 30.9 Å². The molecule has 3 heterocycles. The van der Waals surface area contributed by atoms with Crippen LogP contribution in [0.4, 0.5) is 10.2 Å². The molecule has 1 aliphatic rings. The van der Waals surface area contributed by atoms with Crippen molar-refractivity contribution in [3.8, 4) is 0 Å². The van der Waals surface area contributed by atoms with Crippen molar-refractivity contribution in [1.29, 1.82) is 0 Å². The molecule has 1 aromatic carbocycles. The van der Waals surface area contributed by atoms with E-state index in [1.165, 1.54) is 28.8 Å². The maximum absolute atomic E-state index is 13.2. The number of aromatic nitrogens is 2. The first-order valence-corrected chi connectivity index (χ1v) is 9.18. The molecule has 1 saturated heterocycles. The summed E-state index contributed by atoms with van der Waals surface area (Å²) in [5, 5.41) is 1.18. The van der Waals surface area contributed by atoms with Crippen LogP contribution in [-0.2, 0) is 22.6 Å². The predicted molar refractivity (Wildman–Crippen MR) is 111 cm³/mol. The van der Waals surface area contributed by atoms with Gasteiger partial charge in [0.15, 0.2) is 12.1 Å². The van der Waals surface area contributed by atoms with Crippen LogP contribution in [0.3, 0.4) is 0 Å². The Morgan fingerprint density at radius 2 is 1.82 bits per heavy atom. The van der Waals surface area contributed by atoms with Gasteiger partial charge in [-0.15, -0.1) is 12.4 Å². The molecule has 3 aromatic rings. The number of hydrogen-bond donors (Lipinski definition) is 0. The second-order valence-corrected chi connectivity index (χ2v) is 7.01. The number of rotatable bonds is 5. The second kappa shape index (κ2) is 8.47. The SMILES string of the molecule is Cc1c(C)n(CC2OCCO2)c2c(N(C)Cc3ccc(F)cc3)nccc12.Cl. The van der Waals surface area contributed by atoms with E-state index in [4.69, 9.17) is 9.47 Å². The smallest absolute Gasteiger partial charge is 0.175 e. The molecule has 0 radical (unpaired) electrons. The van der Waals surface area contributed by atoms with Crippen LogP contribution in [0.25, 0.3) is 10.9 Å². The molecule has 0 saturated carbocycles. The van der Waals surface area contributed by atoms with E-state index in [0.717, 1.165) is 16.9 Å². The number of benzene rings is 1. The maximum Gasteiger partial charge on any atom is 0.175 e. The summed E-state index contributed by atoms with van der Waals surface area (Å²) in [6.07, 6.45) is 1.62. The predicted octanol–water partition coefficient (Wildman–Crippen LogP) is 4.22. The lowest BCUT2D eigenvalue weighted by atomic mass is 10.2. The highest BCUT2D eigenvalue weighted by molar-refractivity contribution is 5.93. The minimum absolute atomic E-state index is 0. The van der Waals surface area contributed by atoms with E-state index < -0.39 is 0 Å². The third kappa shape index (κ3) is 3.85. The summed E-state index contributed by atoms with van der Waals surface area (Å²) in [4.78, 5) is 6.76. The summed E-state index contributed by atoms with van der Waals surface area (Å²) >= 11 is 0. The second-order valence-electron chi connectivity index (χ2n) is 7.01. The highest BCUT2D eigenvalue weighted by atomic mass is 35.5. The zero-order chi connectivity index (χ0) is 19.0. The lowest BCUT2D eigenvalue weighted by Crippen LogP contribution is -2.21. The summed E-state index contributed by atoms with van der Waals surface area (Å²) in [6, 6.07) is 8.65. The van der Waals surface area contributed by atoms with Crippen molar-refractivity contribution in [2.45, 2.75) is 33.2 Å². The van der Waals surface area contributed by atoms with Crippen molar-refractivity contribution in [2.75, 3.05) is 25.2 Å². The molecule has 0 atom stereocenters. The Balaban J connectivity index is 0.00000225. The summed E-state index contributed by atoms with van der Waals surface area (Å²) in [6.45, 7) is 6.81. The molecule has 1 fully saturated rings. The van der Waals surface area contributed by atoms with Crippen LogP contribution in [0.5, 0.6) is 0 Å². The van der Waals surface area contributed by atoms with Crippen LogP contribution in [0.1, 0.15) is 16.8 Å². The van der Waals surface area contributed by atoms with Crippen LogP contribution < -0.4 is 4.90 Å². The highest BCUT2D eigenvalue weighted by Crippen LogP contribution is 2.32. The van der Waals surface area contributed by atoms with Crippen LogP contribution in [-0.4, -0.2) is 36.1 Å². The molecule has 1 aliphatic heterocycles. The van der Waals surface area contributed by atoms with E-state index in [-0.39, 0.29) is 24.5 Å². The maximum atomic E-state index is 13.2. The number of pyridine rings is 1. The van der Waals surface area contributed by atoms with Crippen molar-refractivity contribution in [3.05, 3.63) is 59.2 Å². The Bertz CT molecular complexity index is 952. The topological polar surface area (TPSA) is 39.5 Å². The Hall–Kier alpha value is -2.15. The van der Waals surface area contributed by atoms with Crippen molar-refractivity contribution in [1.82, 2.24) is 9.55 Å². The first kappa shape index (κ1) is 20.6. The van der Waals surface area contributed by atoms with E-state index >= 15 is 0 Å². The normalized spacial score (nSPS) is 14.4. The minimum atomic E-state index is -0.228. The largest absolute Gasteiger partial charge is 0.354 e. The summed E-state index contributed by atoms with van der Waals surface area (Å²) in [7, 11) is 2.01. The zero-order valence-corrected chi connectivity index (χ0v) is 17.1. The fourth-order valence-corrected chi connectivity index (χ4v) is 3.68. The fourth-order valence-electron chi connectivity index (χ4n) is 3.68. The lowest BCUT2D eigenvalue weighted by molar-refractivity contribution is -0.0520. The molecule has 150 valence electrons. The van der Waals surface area contributed by atoms with Crippen LogP contribution in [0.15, 0.2) is 36.5 Å². The van der Waals surface area contributed by atoms with E-state index in [1.54, 1.807) is 0 Å². The van der Waals surface area contributed by atoms with Gasteiger partial charge in [-0.05, 0) is 43.2 Å². The summed E-state index contributed by atoms with van der Waals surface area (Å²) in [5.41, 5.74) is 4.54. The van der Waals surface area contributed by atoms with Gasteiger partial charge in [0.25, 0.3) is 0 Å². The van der Waals surface area contributed by atoms with Crippen LogP contribution >= 0.6 is 12.4 Å². The molecular formula is C21H25ClFN3O2. The molecule has 28 heavy (non-hydrogen) atoms. The molecule has 0 amide bonds. The third-order valence-electron chi connectivity index (χ3n) is 5.24. The molecule has 5 nitrogen and oxygen atoms in total. The van der Waals surface area contributed by atoms with Gasteiger partial charge in [0.1, 0.15) is 5.82 Å². The van der Waals surface area contributed by atoms with Gasteiger partial charge in [-0.3, -0.25) is 0 Å². The summed E-state index contributed by atoms with van der Waals surface area (Å²) < 4.78 is 26.8. The van der Waals surface area contributed by atoms with Gasteiger partial charge in [0.2, 0.25) is 0 Å². The fraction of sp³-hybridized carbons (Fsp3) is 0.381. The van der Waals surface area contributed by atoms with Gasteiger partial charge in [-0.2, -0.15) is 0 Å². The van der Waals surface area contributed by atoms with E-state index in [1.807, 2.05) is 25.4 Å². The monoisotopic (exact) mass is 405 g/mol. The molecular weight excluding hydrogens is 381 g/mol.